The molecule has 1 atom stereocenters. The number of hydrogen-bond acceptors (Lipinski definition) is 3. The molecule has 2 N–H and O–H groups in total. The zero-order valence-electron chi connectivity index (χ0n) is 17.7. The van der Waals surface area contributed by atoms with Gasteiger partial charge in [-0.05, 0) is 23.1 Å². The molecule has 3 rings (SSSR count). The van der Waals surface area contributed by atoms with Crippen molar-refractivity contribution in [2.24, 2.45) is 4.99 Å². The third kappa shape index (κ3) is 6.58. The summed E-state index contributed by atoms with van der Waals surface area (Å²) >= 11 is 0. The van der Waals surface area contributed by atoms with Crippen molar-refractivity contribution in [3.8, 4) is 0 Å². The van der Waals surface area contributed by atoms with Gasteiger partial charge in [-0.1, -0.05) is 61.5 Å². The second-order valence-electron chi connectivity index (χ2n) is 7.48. The Morgan fingerprint density at radius 1 is 1.00 bits per heavy atom. The SMILES string of the molecule is CCC(CNC(=NC)NCc1ccccc1CN1CCOCC1)c1ccccc1. The first-order valence-corrected chi connectivity index (χ1v) is 10.7. The Morgan fingerprint density at radius 2 is 1.69 bits per heavy atom. The summed E-state index contributed by atoms with van der Waals surface area (Å²) in [5.41, 5.74) is 4.05. The van der Waals surface area contributed by atoms with Gasteiger partial charge in [-0.2, -0.15) is 0 Å². The smallest absolute Gasteiger partial charge is 0.191 e. The Kier molecular flexibility index (Phi) is 8.53. The Morgan fingerprint density at radius 3 is 2.38 bits per heavy atom. The van der Waals surface area contributed by atoms with Gasteiger partial charge >= 0.3 is 0 Å². The fourth-order valence-electron chi connectivity index (χ4n) is 3.73. The van der Waals surface area contributed by atoms with E-state index in [0.717, 1.165) is 58.3 Å². The van der Waals surface area contributed by atoms with Crippen LogP contribution in [-0.2, 0) is 17.8 Å². The molecule has 0 aliphatic carbocycles. The van der Waals surface area contributed by atoms with E-state index in [9.17, 15) is 0 Å². The highest BCUT2D eigenvalue weighted by molar-refractivity contribution is 5.79. The van der Waals surface area contributed by atoms with Gasteiger partial charge in [-0.25, -0.2) is 0 Å². The zero-order valence-corrected chi connectivity index (χ0v) is 17.7. The number of hydrogen-bond donors (Lipinski definition) is 2. The molecule has 1 heterocycles. The Balaban J connectivity index is 1.54. The van der Waals surface area contributed by atoms with Crippen LogP contribution in [-0.4, -0.2) is 50.8 Å². The average Bonchev–Trinajstić information content (AvgIpc) is 2.78. The first-order valence-electron chi connectivity index (χ1n) is 10.7. The van der Waals surface area contributed by atoms with Crippen LogP contribution in [0.5, 0.6) is 0 Å². The number of nitrogens with zero attached hydrogens (tertiary/aromatic N) is 2. The van der Waals surface area contributed by atoms with Crippen molar-refractivity contribution < 1.29 is 4.74 Å². The number of aliphatic imine (C=N–C) groups is 1. The minimum atomic E-state index is 0.475. The molecule has 0 aromatic heterocycles. The standard InChI is InChI=1S/C24H34N4O/c1-3-20(21-9-5-4-6-10-21)17-26-24(25-2)27-18-22-11-7-8-12-23(22)19-28-13-15-29-16-14-28/h4-12,20H,3,13-19H2,1-2H3,(H2,25,26,27). The molecule has 1 fully saturated rings. The number of rotatable bonds is 8. The lowest BCUT2D eigenvalue weighted by molar-refractivity contribution is 0.0341. The van der Waals surface area contributed by atoms with E-state index in [0.29, 0.717) is 5.92 Å². The molecule has 2 aromatic rings. The molecule has 0 spiro atoms. The molecule has 0 saturated carbocycles. The lowest BCUT2D eigenvalue weighted by Crippen LogP contribution is -2.39. The van der Waals surface area contributed by atoms with E-state index in [1.165, 1.54) is 16.7 Å². The summed E-state index contributed by atoms with van der Waals surface area (Å²) < 4.78 is 5.47. The highest BCUT2D eigenvalue weighted by Crippen LogP contribution is 2.18. The van der Waals surface area contributed by atoms with E-state index in [2.05, 4.69) is 82.0 Å². The van der Waals surface area contributed by atoms with Crippen LogP contribution in [0, 0.1) is 0 Å². The van der Waals surface area contributed by atoms with Gasteiger partial charge in [0.15, 0.2) is 5.96 Å². The Hall–Kier alpha value is -2.37. The van der Waals surface area contributed by atoms with Crippen LogP contribution in [0.3, 0.4) is 0 Å². The first kappa shape index (κ1) is 21.3. The molecule has 0 radical (unpaired) electrons. The normalized spacial score (nSPS) is 16.4. The molecule has 5 heteroatoms. The molecular weight excluding hydrogens is 360 g/mol. The maximum Gasteiger partial charge on any atom is 0.191 e. The van der Waals surface area contributed by atoms with Gasteiger partial charge in [-0.3, -0.25) is 9.89 Å². The molecule has 1 unspecified atom stereocenters. The molecule has 1 aliphatic rings. The van der Waals surface area contributed by atoms with Gasteiger partial charge in [0.2, 0.25) is 0 Å². The predicted molar refractivity (Wildman–Crippen MR) is 120 cm³/mol. The molecule has 1 aliphatic heterocycles. The Bertz CT molecular complexity index is 756. The summed E-state index contributed by atoms with van der Waals surface area (Å²) in [5, 5.41) is 6.99. The molecule has 156 valence electrons. The largest absolute Gasteiger partial charge is 0.379 e. The highest BCUT2D eigenvalue weighted by atomic mass is 16.5. The van der Waals surface area contributed by atoms with Crippen molar-refractivity contribution in [1.82, 2.24) is 15.5 Å². The van der Waals surface area contributed by atoms with Crippen LogP contribution in [0.2, 0.25) is 0 Å². The lowest BCUT2D eigenvalue weighted by Gasteiger charge is -2.27. The van der Waals surface area contributed by atoms with Gasteiger partial charge in [0, 0.05) is 45.7 Å². The van der Waals surface area contributed by atoms with Gasteiger partial charge in [0.1, 0.15) is 0 Å². The van der Waals surface area contributed by atoms with E-state index >= 15 is 0 Å². The molecular formula is C24H34N4O. The van der Waals surface area contributed by atoms with Crippen molar-refractivity contribution in [2.75, 3.05) is 39.9 Å². The monoisotopic (exact) mass is 394 g/mol. The second kappa shape index (κ2) is 11.6. The topological polar surface area (TPSA) is 48.9 Å². The molecule has 5 nitrogen and oxygen atoms in total. The number of ether oxygens (including phenoxy) is 1. The molecule has 0 amide bonds. The summed E-state index contributed by atoms with van der Waals surface area (Å²) in [6.45, 7) is 8.51. The van der Waals surface area contributed by atoms with Crippen LogP contribution >= 0.6 is 0 Å². The van der Waals surface area contributed by atoms with E-state index in [1.54, 1.807) is 0 Å². The van der Waals surface area contributed by atoms with Crippen molar-refractivity contribution in [1.29, 1.82) is 0 Å². The van der Waals surface area contributed by atoms with Gasteiger partial charge < -0.3 is 15.4 Å². The summed E-state index contributed by atoms with van der Waals surface area (Å²) in [7, 11) is 1.83. The van der Waals surface area contributed by atoms with Crippen LogP contribution in [0.15, 0.2) is 59.6 Å². The predicted octanol–water partition coefficient (Wildman–Crippen LogP) is 3.38. The number of benzene rings is 2. The minimum absolute atomic E-state index is 0.475. The highest BCUT2D eigenvalue weighted by Gasteiger charge is 2.13. The zero-order chi connectivity index (χ0) is 20.3. The maximum atomic E-state index is 5.47. The average molecular weight is 395 g/mol. The quantitative estimate of drug-likeness (QED) is 0.532. The molecule has 1 saturated heterocycles. The minimum Gasteiger partial charge on any atom is -0.379 e. The van der Waals surface area contributed by atoms with Crippen molar-refractivity contribution in [3.63, 3.8) is 0 Å². The van der Waals surface area contributed by atoms with Gasteiger partial charge in [0.25, 0.3) is 0 Å². The third-order valence-corrected chi connectivity index (χ3v) is 5.57. The number of morpholine rings is 1. The molecule has 2 aromatic carbocycles. The van der Waals surface area contributed by atoms with E-state index < -0.39 is 0 Å². The summed E-state index contributed by atoms with van der Waals surface area (Å²) in [5.74, 6) is 1.32. The molecule has 29 heavy (non-hydrogen) atoms. The lowest BCUT2D eigenvalue weighted by atomic mass is 9.97. The van der Waals surface area contributed by atoms with Crippen molar-refractivity contribution in [2.45, 2.75) is 32.4 Å². The van der Waals surface area contributed by atoms with Crippen LogP contribution in [0.4, 0.5) is 0 Å². The van der Waals surface area contributed by atoms with Gasteiger partial charge in [0.05, 0.1) is 13.2 Å². The van der Waals surface area contributed by atoms with Gasteiger partial charge in [-0.15, -0.1) is 0 Å². The van der Waals surface area contributed by atoms with E-state index in [-0.39, 0.29) is 0 Å². The van der Waals surface area contributed by atoms with Crippen LogP contribution in [0.1, 0.15) is 36.0 Å². The van der Waals surface area contributed by atoms with Crippen LogP contribution in [0.25, 0.3) is 0 Å². The van der Waals surface area contributed by atoms with Crippen molar-refractivity contribution >= 4 is 5.96 Å². The fraction of sp³-hybridized carbons (Fsp3) is 0.458. The van der Waals surface area contributed by atoms with E-state index in [4.69, 9.17) is 4.74 Å². The fourth-order valence-corrected chi connectivity index (χ4v) is 3.73. The Labute approximate surface area is 175 Å². The summed E-state index contributed by atoms with van der Waals surface area (Å²) in [4.78, 5) is 6.88. The van der Waals surface area contributed by atoms with Crippen LogP contribution < -0.4 is 10.6 Å². The summed E-state index contributed by atoms with van der Waals surface area (Å²) in [6.07, 6.45) is 1.09. The first-order chi connectivity index (χ1) is 14.3. The summed E-state index contributed by atoms with van der Waals surface area (Å²) in [6, 6.07) is 19.4. The van der Waals surface area contributed by atoms with E-state index in [1.807, 2.05) is 7.05 Å². The molecule has 0 bridgehead atoms. The maximum absolute atomic E-state index is 5.47. The second-order valence-corrected chi connectivity index (χ2v) is 7.48. The van der Waals surface area contributed by atoms with Crippen molar-refractivity contribution in [3.05, 3.63) is 71.3 Å². The number of guanidine groups is 1. The third-order valence-electron chi connectivity index (χ3n) is 5.57. The number of nitrogens with one attached hydrogen (secondary N) is 2.